The molecule has 0 spiro atoms. The molecule has 4 nitrogen and oxygen atoms in total. The molecule has 1 saturated heterocycles. The van der Waals surface area contributed by atoms with Crippen LogP contribution in [0.4, 0.5) is 0 Å². The summed E-state index contributed by atoms with van der Waals surface area (Å²) in [5.74, 6) is -0.867. The van der Waals surface area contributed by atoms with Gasteiger partial charge >= 0.3 is 0 Å². The van der Waals surface area contributed by atoms with Crippen LogP contribution in [0.2, 0.25) is 0 Å². The van der Waals surface area contributed by atoms with E-state index in [1.807, 2.05) is 37.3 Å². The number of rotatable bonds is 5. The van der Waals surface area contributed by atoms with Crippen molar-refractivity contribution in [1.82, 2.24) is 4.90 Å². The summed E-state index contributed by atoms with van der Waals surface area (Å²) in [6, 6.07) is 15.2. The second kappa shape index (κ2) is 7.92. The smallest absolute Gasteiger partial charge is 0.238 e. The molecule has 26 heavy (non-hydrogen) atoms. The zero-order valence-electron chi connectivity index (χ0n) is 14.7. The van der Waals surface area contributed by atoms with Gasteiger partial charge in [-0.05, 0) is 48.6 Å². The maximum absolute atomic E-state index is 12.8. The van der Waals surface area contributed by atoms with Crippen LogP contribution in [0.25, 0.3) is 0 Å². The Morgan fingerprint density at radius 3 is 2.69 bits per heavy atom. The Morgan fingerprint density at radius 2 is 1.96 bits per heavy atom. The van der Waals surface area contributed by atoms with E-state index in [1.165, 1.54) is 0 Å². The van der Waals surface area contributed by atoms with Crippen molar-refractivity contribution in [2.75, 3.05) is 12.3 Å². The van der Waals surface area contributed by atoms with E-state index in [0.717, 1.165) is 28.4 Å². The average molecular weight is 436 g/mol. The van der Waals surface area contributed by atoms with Gasteiger partial charge in [0.1, 0.15) is 5.75 Å². The highest BCUT2D eigenvalue weighted by molar-refractivity contribution is 9.10. The van der Waals surface area contributed by atoms with Crippen LogP contribution in [0.1, 0.15) is 35.6 Å². The molecule has 138 valence electrons. The summed E-state index contributed by atoms with van der Waals surface area (Å²) in [6.45, 7) is 2.64. The van der Waals surface area contributed by atoms with E-state index in [0.29, 0.717) is 12.1 Å². The van der Waals surface area contributed by atoms with Crippen LogP contribution in [-0.2, 0) is 20.4 Å². The predicted molar refractivity (Wildman–Crippen MR) is 106 cm³/mol. The van der Waals surface area contributed by atoms with Crippen LogP contribution >= 0.6 is 15.9 Å². The molecule has 1 aliphatic rings. The van der Waals surface area contributed by atoms with Gasteiger partial charge < -0.3 is 4.90 Å². The van der Waals surface area contributed by atoms with Gasteiger partial charge in [0, 0.05) is 11.0 Å². The molecule has 0 aromatic heterocycles. The summed E-state index contributed by atoms with van der Waals surface area (Å²) in [4.78, 5) is 14.5. The topological polar surface area (TPSA) is 54.5 Å². The molecule has 0 saturated carbocycles. The van der Waals surface area contributed by atoms with Crippen molar-refractivity contribution in [2.24, 2.45) is 0 Å². The zero-order valence-corrected chi connectivity index (χ0v) is 17.1. The maximum atomic E-state index is 12.8. The first-order chi connectivity index (χ1) is 12.4. The molecular formula is C20H22BrNO3S. The Labute approximate surface area is 163 Å². The molecule has 0 N–H and O–H groups in total. The Morgan fingerprint density at radius 1 is 1.19 bits per heavy atom. The monoisotopic (exact) mass is 435 g/mol. The Hall–Kier alpha value is -1.66. The quantitative estimate of drug-likeness (QED) is 0.711. The van der Waals surface area contributed by atoms with E-state index in [9.17, 15) is 13.2 Å². The fourth-order valence-electron chi connectivity index (χ4n) is 3.55. The summed E-state index contributed by atoms with van der Waals surface area (Å²) in [5.41, 5.74) is 2.93. The lowest BCUT2D eigenvalue weighted by Gasteiger charge is -2.26. The number of likely N-dealkylation sites (tertiary alicyclic amines) is 1. The molecule has 1 aliphatic heterocycles. The first kappa shape index (κ1) is 19.1. The van der Waals surface area contributed by atoms with Crippen LogP contribution < -0.4 is 0 Å². The van der Waals surface area contributed by atoms with Crippen molar-refractivity contribution in [3.63, 3.8) is 0 Å². The van der Waals surface area contributed by atoms with Gasteiger partial charge in [0.25, 0.3) is 0 Å². The highest BCUT2D eigenvalue weighted by Crippen LogP contribution is 2.33. The lowest BCUT2D eigenvalue weighted by molar-refractivity contribution is -0.129. The molecule has 2 aromatic rings. The number of carbonyl (C=O) groups is 1. The molecule has 0 bridgehead atoms. The van der Waals surface area contributed by atoms with Gasteiger partial charge in [0.15, 0.2) is 9.84 Å². The number of hydrogen-bond donors (Lipinski definition) is 0. The number of hydrogen-bond acceptors (Lipinski definition) is 3. The highest BCUT2D eigenvalue weighted by Gasteiger charge is 2.32. The lowest BCUT2D eigenvalue weighted by atomic mass is 9.99. The molecule has 6 heteroatoms. The third kappa shape index (κ3) is 4.54. The minimum Gasteiger partial charge on any atom is -0.335 e. The normalized spacial score (nSPS) is 17.5. The first-order valence-corrected chi connectivity index (χ1v) is 11.3. The largest absolute Gasteiger partial charge is 0.335 e. The van der Waals surface area contributed by atoms with Crippen molar-refractivity contribution in [2.45, 2.75) is 31.6 Å². The Balaban J connectivity index is 1.73. The van der Waals surface area contributed by atoms with E-state index in [1.54, 1.807) is 23.1 Å². The predicted octanol–water partition coefficient (Wildman–Crippen LogP) is 4.04. The first-order valence-electron chi connectivity index (χ1n) is 8.65. The lowest BCUT2D eigenvalue weighted by Crippen LogP contribution is -2.35. The van der Waals surface area contributed by atoms with Gasteiger partial charge in [0.2, 0.25) is 5.91 Å². The number of aryl methyl sites for hydroxylation is 1. The third-order valence-corrected chi connectivity index (χ3v) is 6.69. The number of nitrogens with zero attached hydrogens (tertiary/aromatic N) is 1. The number of carbonyl (C=O) groups excluding carboxylic acids is 1. The SMILES string of the molecule is Cc1ccccc1C1CCCN1C(=O)CS(=O)(=O)Cc1cccc(Br)c1. The molecule has 2 aromatic carbocycles. The van der Waals surface area contributed by atoms with Crippen molar-refractivity contribution < 1.29 is 13.2 Å². The maximum Gasteiger partial charge on any atom is 0.238 e. The number of halogens is 1. The Kier molecular flexibility index (Phi) is 5.82. The molecule has 1 fully saturated rings. The molecule has 1 heterocycles. The van der Waals surface area contributed by atoms with Crippen LogP contribution in [0.5, 0.6) is 0 Å². The number of sulfone groups is 1. The van der Waals surface area contributed by atoms with Gasteiger partial charge in [-0.3, -0.25) is 4.79 Å². The van der Waals surface area contributed by atoms with Crippen LogP contribution in [0, 0.1) is 6.92 Å². The minimum atomic E-state index is -3.52. The highest BCUT2D eigenvalue weighted by atomic mass is 79.9. The van der Waals surface area contributed by atoms with E-state index in [2.05, 4.69) is 15.9 Å². The van der Waals surface area contributed by atoms with E-state index < -0.39 is 15.6 Å². The molecule has 3 rings (SSSR count). The summed E-state index contributed by atoms with van der Waals surface area (Å²) in [6.07, 6.45) is 1.78. The molecule has 0 aliphatic carbocycles. The van der Waals surface area contributed by atoms with Crippen LogP contribution in [0.3, 0.4) is 0 Å². The average Bonchev–Trinajstić information content (AvgIpc) is 3.04. The van der Waals surface area contributed by atoms with Crippen molar-refractivity contribution in [1.29, 1.82) is 0 Å². The van der Waals surface area contributed by atoms with Crippen LogP contribution in [0.15, 0.2) is 53.0 Å². The minimum absolute atomic E-state index is 0.0234. The molecule has 1 unspecified atom stereocenters. The molecule has 1 atom stereocenters. The van der Waals surface area contributed by atoms with Crippen molar-refractivity contribution >= 4 is 31.7 Å². The van der Waals surface area contributed by atoms with Gasteiger partial charge in [-0.15, -0.1) is 0 Å². The molecule has 1 amide bonds. The van der Waals surface area contributed by atoms with E-state index in [-0.39, 0.29) is 17.7 Å². The fraction of sp³-hybridized carbons (Fsp3) is 0.350. The summed E-state index contributed by atoms with van der Waals surface area (Å²) >= 11 is 3.34. The summed E-state index contributed by atoms with van der Waals surface area (Å²) in [7, 11) is -3.52. The van der Waals surface area contributed by atoms with Gasteiger partial charge in [-0.1, -0.05) is 52.3 Å². The standard InChI is InChI=1S/C20H22BrNO3S/c1-15-6-2-3-9-18(15)19-10-5-11-22(19)20(23)14-26(24,25)13-16-7-4-8-17(21)12-16/h2-4,6-9,12,19H,5,10-11,13-14H2,1H3. The van der Waals surface area contributed by atoms with Crippen molar-refractivity contribution in [3.05, 3.63) is 69.7 Å². The van der Waals surface area contributed by atoms with E-state index in [4.69, 9.17) is 0 Å². The van der Waals surface area contributed by atoms with Crippen LogP contribution in [-0.4, -0.2) is 31.5 Å². The summed E-state index contributed by atoms with van der Waals surface area (Å²) < 4.78 is 25.9. The molecular weight excluding hydrogens is 414 g/mol. The number of benzene rings is 2. The van der Waals surface area contributed by atoms with Gasteiger partial charge in [0.05, 0.1) is 11.8 Å². The Bertz CT molecular complexity index is 911. The van der Waals surface area contributed by atoms with Gasteiger partial charge in [-0.2, -0.15) is 0 Å². The third-order valence-electron chi connectivity index (χ3n) is 4.74. The second-order valence-corrected chi connectivity index (χ2v) is 9.74. The van der Waals surface area contributed by atoms with Gasteiger partial charge in [-0.25, -0.2) is 8.42 Å². The second-order valence-electron chi connectivity index (χ2n) is 6.76. The molecule has 0 radical (unpaired) electrons. The zero-order chi connectivity index (χ0) is 18.7. The summed E-state index contributed by atoms with van der Waals surface area (Å²) in [5, 5.41) is 0. The fourth-order valence-corrected chi connectivity index (χ4v) is 5.33. The van der Waals surface area contributed by atoms with E-state index >= 15 is 0 Å². The number of amides is 1. The van der Waals surface area contributed by atoms with Crippen molar-refractivity contribution in [3.8, 4) is 0 Å².